The van der Waals surface area contributed by atoms with E-state index >= 15 is 0 Å². The largest absolute Gasteiger partial charge is 0.356 e. The minimum atomic E-state index is -3.81. The van der Waals surface area contributed by atoms with Crippen molar-refractivity contribution in [2.45, 2.75) is 23.8 Å². The van der Waals surface area contributed by atoms with E-state index in [1.165, 1.54) is 12.3 Å². The molecule has 1 aliphatic heterocycles. The molecule has 1 aromatic rings. The lowest BCUT2D eigenvalue weighted by Gasteiger charge is -2.22. The average molecular weight is 305 g/mol. The lowest BCUT2D eigenvalue weighted by Crippen LogP contribution is -2.39. The van der Waals surface area contributed by atoms with Crippen LogP contribution in [0.3, 0.4) is 0 Å². The molecule has 1 amide bonds. The second kappa shape index (κ2) is 5.43. The maximum absolute atomic E-state index is 11.9. The number of H-pyrrole nitrogens is 1. The number of hydrogen-bond acceptors (Lipinski definition) is 4. The first-order valence-electron chi connectivity index (χ1n) is 5.73. The Bertz CT molecular complexity index is 598. The monoisotopic (exact) mass is 305 g/mol. The number of aromatic nitrogens is 1. The van der Waals surface area contributed by atoms with Gasteiger partial charge in [0.25, 0.3) is 5.91 Å². The molecule has 7 nitrogen and oxygen atoms in total. The molecule has 0 aliphatic carbocycles. The maximum Gasteiger partial charge on any atom is 0.267 e. The van der Waals surface area contributed by atoms with E-state index < -0.39 is 20.8 Å². The summed E-state index contributed by atoms with van der Waals surface area (Å²) in [7, 11) is -4.59. The SMILES string of the molecule is NS(=O)(=O)c1c[nH]c(C(=O)NC2CCS(=O)CC2)c1. The van der Waals surface area contributed by atoms with Gasteiger partial charge in [0.15, 0.2) is 0 Å². The quantitative estimate of drug-likeness (QED) is 0.683. The summed E-state index contributed by atoms with van der Waals surface area (Å²) in [6.07, 6.45) is 2.52. The summed E-state index contributed by atoms with van der Waals surface area (Å²) in [6, 6.07) is 1.18. The molecule has 1 saturated heterocycles. The van der Waals surface area contributed by atoms with Crippen molar-refractivity contribution in [3.8, 4) is 0 Å². The molecule has 2 heterocycles. The van der Waals surface area contributed by atoms with Crippen LogP contribution in [0, 0.1) is 0 Å². The van der Waals surface area contributed by atoms with E-state index in [1.54, 1.807) is 0 Å². The molecule has 106 valence electrons. The van der Waals surface area contributed by atoms with Crippen molar-refractivity contribution in [1.29, 1.82) is 0 Å². The third-order valence-electron chi connectivity index (χ3n) is 2.95. The number of aromatic amines is 1. The third kappa shape index (κ3) is 3.64. The highest BCUT2D eigenvalue weighted by atomic mass is 32.2. The van der Waals surface area contributed by atoms with Crippen molar-refractivity contribution in [2.75, 3.05) is 11.5 Å². The lowest BCUT2D eigenvalue weighted by atomic mass is 10.1. The molecular weight excluding hydrogens is 290 g/mol. The van der Waals surface area contributed by atoms with Gasteiger partial charge < -0.3 is 10.3 Å². The average Bonchev–Trinajstić information content (AvgIpc) is 2.81. The van der Waals surface area contributed by atoms with Crippen molar-refractivity contribution in [1.82, 2.24) is 10.3 Å². The summed E-state index contributed by atoms with van der Waals surface area (Å²) in [6.45, 7) is 0. The maximum atomic E-state index is 11.9. The van der Waals surface area contributed by atoms with Gasteiger partial charge in [0.05, 0.1) is 4.90 Å². The van der Waals surface area contributed by atoms with Gasteiger partial charge in [-0.3, -0.25) is 9.00 Å². The Morgan fingerprint density at radius 3 is 2.58 bits per heavy atom. The Morgan fingerprint density at radius 2 is 2.05 bits per heavy atom. The molecule has 0 aromatic carbocycles. The first-order chi connectivity index (χ1) is 8.86. The third-order valence-corrected chi connectivity index (χ3v) is 5.23. The van der Waals surface area contributed by atoms with Crippen LogP contribution in [0.25, 0.3) is 0 Å². The van der Waals surface area contributed by atoms with Gasteiger partial charge >= 0.3 is 0 Å². The van der Waals surface area contributed by atoms with Crippen LogP contribution in [-0.2, 0) is 20.8 Å². The predicted octanol–water partition coefficient (Wildman–Crippen LogP) is -0.697. The number of rotatable bonds is 3. The highest BCUT2D eigenvalue weighted by Crippen LogP contribution is 2.12. The van der Waals surface area contributed by atoms with Crippen molar-refractivity contribution in [3.63, 3.8) is 0 Å². The number of carbonyl (C=O) groups excluding carboxylic acids is 1. The fraction of sp³-hybridized carbons (Fsp3) is 0.500. The van der Waals surface area contributed by atoms with Gasteiger partial charge in [-0.25, -0.2) is 13.6 Å². The van der Waals surface area contributed by atoms with Gasteiger partial charge in [-0.1, -0.05) is 0 Å². The molecule has 4 N–H and O–H groups in total. The molecular formula is C10H15N3O4S2. The van der Waals surface area contributed by atoms with Crippen molar-refractivity contribution < 1.29 is 17.4 Å². The molecule has 1 aliphatic rings. The van der Waals surface area contributed by atoms with Crippen LogP contribution in [-0.4, -0.2) is 41.1 Å². The molecule has 0 spiro atoms. The van der Waals surface area contributed by atoms with Gasteiger partial charge in [-0.15, -0.1) is 0 Å². The number of primary sulfonamides is 1. The predicted molar refractivity (Wildman–Crippen MR) is 70.5 cm³/mol. The van der Waals surface area contributed by atoms with Crippen LogP contribution < -0.4 is 10.5 Å². The Balaban J connectivity index is 2.00. The first-order valence-corrected chi connectivity index (χ1v) is 8.77. The zero-order valence-corrected chi connectivity index (χ0v) is 11.7. The van der Waals surface area contributed by atoms with E-state index in [2.05, 4.69) is 10.3 Å². The Labute approximate surface area is 113 Å². The van der Waals surface area contributed by atoms with Crippen LogP contribution in [0.1, 0.15) is 23.3 Å². The highest BCUT2D eigenvalue weighted by molar-refractivity contribution is 7.89. The summed E-state index contributed by atoms with van der Waals surface area (Å²) in [5, 5.41) is 7.74. The molecule has 19 heavy (non-hydrogen) atoms. The normalized spacial score (nSPS) is 24.1. The van der Waals surface area contributed by atoms with E-state index in [4.69, 9.17) is 5.14 Å². The standard InChI is InChI=1S/C10H15N3O4S2/c11-19(16,17)8-5-9(12-6-8)10(14)13-7-1-3-18(15)4-2-7/h5-7,12H,1-4H2,(H,13,14)(H2,11,16,17). The van der Waals surface area contributed by atoms with Gasteiger partial charge in [-0.05, 0) is 18.9 Å². The summed E-state index contributed by atoms with van der Waals surface area (Å²) in [5.74, 6) is 0.781. The zero-order chi connectivity index (χ0) is 14.0. The Hall–Kier alpha value is -1.19. The molecule has 0 saturated carbocycles. The van der Waals surface area contributed by atoms with E-state index in [1.807, 2.05) is 0 Å². The van der Waals surface area contributed by atoms with Gasteiger partial charge in [0.2, 0.25) is 10.0 Å². The Kier molecular flexibility index (Phi) is 4.07. The number of amides is 1. The number of nitrogens with one attached hydrogen (secondary N) is 2. The molecule has 0 atom stereocenters. The van der Waals surface area contributed by atoms with Crippen LogP contribution >= 0.6 is 0 Å². The second-order valence-corrected chi connectivity index (χ2v) is 7.65. The highest BCUT2D eigenvalue weighted by Gasteiger charge is 2.21. The molecule has 1 fully saturated rings. The van der Waals surface area contributed by atoms with Crippen LogP contribution in [0.5, 0.6) is 0 Å². The van der Waals surface area contributed by atoms with Crippen molar-refractivity contribution >= 4 is 26.7 Å². The molecule has 0 unspecified atom stereocenters. The van der Waals surface area contributed by atoms with Crippen LogP contribution in [0.4, 0.5) is 0 Å². The fourth-order valence-electron chi connectivity index (χ4n) is 1.87. The first kappa shape index (κ1) is 14.2. The second-order valence-electron chi connectivity index (χ2n) is 4.39. The summed E-state index contributed by atoms with van der Waals surface area (Å²) in [5.41, 5.74) is 0.149. The van der Waals surface area contributed by atoms with Gasteiger partial charge in [0, 0.05) is 34.5 Å². The fourth-order valence-corrected chi connectivity index (χ4v) is 3.68. The van der Waals surface area contributed by atoms with Gasteiger partial charge in [-0.2, -0.15) is 0 Å². The zero-order valence-electron chi connectivity index (χ0n) is 10.1. The number of sulfonamides is 1. The van der Waals surface area contributed by atoms with E-state index in [0.29, 0.717) is 24.3 Å². The molecule has 0 radical (unpaired) electrons. The van der Waals surface area contributed by atoms with Crippen LogP contribution in [0.15, 0.2) is 17.2 Å². The topological polar surface area (TPSA) is 122 Å². The minimum absolute atomic E-state index is 0.0218. The van der Waals surface area contributed by atoms with Crippen molar-refractivity contribution in [3.05, 3.63) is 18.0 Å². The molecule has 1 aromatic heterocycles. The van der Waals surface area contributed by atoms with E-state index in [9.17, 15) is 17.4 Å². The molecule has 2 rings (SSSR count). The molecule has 0 bridgehead atoms. The van der Waals surface area contributed by atoms with Crippen molar-refractivity contribution in [2.24, 2.45) is 5.14 Å². The minimum Gasteiger partial charge on any atom is -0.356 e. The lowest BCUT2D eigenvalue weighted by molar-refractivity contribution is 0.0930. The number of nitrogens with two attached hydrogens (primary N) is 1. The smallest absolute Gasteiger partial charge is 0.267 e. The van der Waals surface area contributed by atoms with E-state index in [0.717, 1.165) is 0 Å². The number of carbonyl (C=O) groups is 1. The number of hydrogen-bond donors (Lipinski definition) is 3. The summed E-state index contributed by atoms with van der Waals surface area (Å²) < 4.78 is 33.4. The Morgan fingerprint density at radius 1 is 1.42 bits per heavy atom. The van der Waals surface area contributed by atoms with Crippen LogP contribution in [0.2, 0.25) is 0 Å². The summed E-state index contributed by atoms with van der Waals surface area (Å²) >= 11 is 0. The van der Waals surface area contributed by atoms with E-state index in [-0.39, 0.29) is 22.5 Å². The van der Waals surface area contributed by atoms with Gasteiger partial charge in [0.1, 0.15) is 5.69 Å². The molecule has 9 heteroatoms. The summed E-state index contributed by atoms with van der Waals surface area (Å²) in [4.78, 5) is 14.3.